The van der Waals surface area contributed by atoms with Crippen molar-refractivity contribution in [3.05, 3.63) is 323 Å². The minimum absolute atomic E-state index is 0.000319. The van der Waals surface area contributed by atoms with Gasteiger partial charge in [0.1, 0.15) is 0 Å². The van der Waals surface area contributed by atoms with Crippen LogP contribution in [0, 0.1) is 0 Å². The normalized spacial score (nSPS) is 15.0. The van der Waals surface area contributed by atoms with Crippen molar-refractivity contribution in [1.82, 2.24) is 29.9 Å². The minimum Gasteiger partial charge on any atom is -0.208 e. The van der Waals surface area contributed by atoms with E-state index >= 15 is 0 Å². The Morgan fingerprint density at radius 1 is 0.198 bits per heavy atom. The van der Waals surface area contributed by atoms with Gasteiger partial charge in [0.2, 0.25) is 0 Å². The van der Waals surface area contributed by atoms with Crippen molar-refractivity contribution < 1.29 is 0 Å². The van der Waals surface area contributed by atoms with Crippen molar-refractivity contribution in [3.63, 3.8) is 0 Å². The lowest BCUT2D eigenvalue weighted by atomic mass is 9.61. The molecule has 0 saturated heterocycles. The third kappa shape index (κ3) is 6.80. The SMILES string of the molecule is c1ccc(-c2nc(-c3ccccc3)nc(-c3ccc4c(c3)C3c5ccccc5C4c4cc(-c5nc(-c6ccccc6)nc(-c6ccccc6-c6ccc7c(c6)C6(c8ccccc8-c8ccccc86)c6ccccc6-7)n5)ccc43)n2)cc1. The topological polar surface area (TPSA) is 77.3 Å². The van der Waals surface area contributed by atoms with Crippen molar-refractivity contribution in [2.45, 2.75) is 17.3 Å². The molecule has 0 N–H and O–H groups in total. The standard InChI is InChI=1S/C75H46N6/c1-4-20-45(21-5-1)69-76-70(46-22-6-2-7-23-46)78-72(77-69)49-37-40-58-61(42-49)67-56-30-11-12-31-57(56)68(58)62-43-50(38-41-59(62)67)73-79-71(47-24-8-3-9-25-47)80-74(81-73)60-32-13-10-26-51(60)48-36-39-55-54-29-16-19-35-65(54)75(66(55)44-48)63-33-17-14-27-52(63)53-28-15-18-34-64(53)75/h1-44,67-68H. The molecule has 0 aliphatic heterocycles. The maximum Gasteiger partial charge on any atom is 0.164 e. The molecule has 2 atom stereocenters. The molecule has 18 rings (SSSR count). The Kier molecular flexibility index (Phi) is 9.95. The second kappa shape index (κ2) is 17.7. The van der Waals surface area contributed by atoms with Crippen LogP contribution < -0.4 is 0 Å². The van der Waals surface area contributed by atoms with E-state index in [1.165, 1.54) is 77.9 Å². The highest BCUT2D eigenvalue weighted by Gasteiger charge is 2.51. The van der Waals surface area contributed by atoms with Gasteiger partial charge >= 0.3 is 0 Å². The fourth-order valence-corrected chi connectivity index (χ4v) is 14.0. The maximum atomic E-state index is 5.48. The van der Waals surface area contributed by atoms with Gasteiger partial charge in [-0.05, 0) is 107 Å². The van der Waals surface area contributed by atoms with Crippen LogP contribution in [0.1, 0.15) is 67.5 Å². The Bertz CT molecular complexity index is 4600. The average Bonchev–Trinajstić information content (AvgIpc) is 2.23. The number of fused-ring (bicyclic) bond motifs is 10. The van der Waals surface area contributed by atoms with E-state index < -0.39 is 5.41 Å². The molecule has 1 spiro atoms. The highest BCUT2D eigenvalue weighted by molar-refractivity contribution is 5.96. The molecular weight excluding hydrogens is 985 g/mol. The zero-order valence-electron chi connectivity index (χ0n) is 43.7. The fourth-order valence-electron chi connectivity index (χ4n) is 14.0. The summed E-state index contributed by atoms with van der Waals surface area (Å²) in [5, 5.41) is 0. The first-order valence-corrected chi connectivity index (χ1v) is 27.7. The average molecular weight is 1030 g/mol. The molecule has 13 aromatic rings. The smallest absolute Gasteiger partial charge is 0.164 e. The molecular formula is C75H46N6. The van der Waals surface area contributed by atoms with Gasteiger partial charge in [0.05, 0.1) is 5.41 Å². The monoisotopic (exact) mass is 1030 g/mol. The van der Waals surface area contributed by atoms with Crippen LogP contribution in [0.25, 0.3) is 102 Å². The second-order valence-electron chi connectivity index (χ2n) is 21.6. The Morgan fingerprint density at radius 2 is 0.519 bits per heavy atom. The third-order valence-corrected chi connectivity index (χ3v) is 17.4. The first-order chi connectivity index (χ1) is 40.2. The van der Waals surface area contributed by atoms with Gasteiger partial charge in [0, 0.05) is 45.2 Å². The summed E-state index contributed by atoms with van der Waals surface area (Å²) in [7, 11) is 0. The van der Waals surface area contributed by atoms with E-state index in [2.05, 4.69) is 212 Å². The van der Waals surface area contributed by atoms with E-state index in [4.69, 9.17) is 29.9 Å². The molecule has 11 aromatic carbocycles. The molecule has 0 amide bonds. The van der Waals surface area contributed by atoms with E-state index in [-0.39, 0.29) is 11.8 Å². The first kappa shape index (κ1) is 45.5. The highest BCUT2D eigenvalue weighted by Crippen LogP contribution is 2.63. The minimum atomic E-state index is -0.465. The first-order valence-electron chi connectivity index (χ1n) is 27.7. The predicted octanol–water partition coefficient (Wildman–Crippen LogP) is 17.1. The lowest BCUT2D eigenvalue weighted by Gasteiger charge is -2.42. The van der Waals surface area contributed by atoms with Crippen LogP contribution in [0.3, 0.4) is 0 Å². The molecule has 6 heteroatoms. The van der Waals surface area contributed by atoms with Crippen LogP contribution in [0.15, 0.2) is 267 Å². The molecule has 0 saturated carbocycles. The summed E-state index contributed by atoms with van der Waals surface area (Å²) in [6.45, 7) is 0. The molecule has 5 aliphatic carbocycles. The number of rotatable bonds is 7. The van der Waals surface area contributed by atoms with Gasteiger partial charge in [-0.15, -0.1) is 0 Å². The van der Waals surface area contributed by atoms with Crippen LogP contribution in [0.5, 0.6) is 0 Å². The molecule has 0 fully saturated rings. The second-order valence-corrected chi connectivity index (χ2v) is 21.6. The van der Waals surface area contributed by atoms with Crippen LogP contribution >= 0.6 is 0 Å². The van der Waals surface area contributed by atoms with Crippen molar-refractivity contribution in [1.29, 1.82) is 0 Å². The summed E-state index contributed by atoms with van der Waals surface area (Å²) in [5.74, 6) is 3.80. The van der Waals surface area contributed by atoms with Crippen LogP contribution in [0.2, 0.25) is 0 Å². The quantitative estimate of drug-likeness (QED) is 0.158. The van der Waals surface area contributed by atoms with Crippen LogP contribution in [-0.2, 0) is 5.41 Å². The van der Waals surface area contributed by atoms with Crippen molar-refractivity contribution in [2.24, 2.45) is 0 Å². The van der Waals surface area contributed by atoms with E-state index in [1.54, 1.807) is 0 Å². The third-order valence-electron chi connectivity index (χ3n) is 17.4. The van der Waals surface area contributed by atoms with Crippen molar-refractivity contribution in [3.8, 4) is 102 Å². The molecule has 2 aromatic heterocycles. The Hall–Kier alpha value is -10.6. The molecule has 2 unspecified atom stereocenters. The summed E-state index contributed by atoms with van der Waals surface area (Å²) >= 11 is 0. The lowest BCUT2D eigenvalue weighted by molar-refractivity contribution is 0.754. The molecule has 0 radical (unpaired) electrons. The van der Waals surface area contributed by atoms with E-state index in [1.807, 2.05) is 54.6 Å². The Labute approximate surface area is 469 Å². The molecule has 376 valence electrons. The fraction of sp³-hybridized carbons (Fsp3) is 0.0400. The van der Waals surface area contributed by atoms with E-state index in [0.29, 0.717) is 34.9 Å². The molecule has 5 aliphatic rings. The van der Waals surface area contributed by atoms with Gasteiger partial charge in [-0.3, -0.25) is 0 Å². The van der Waals surface area contributed by atoms with Crippen LogP contribution in [0.4, 0.5) is 0 Å². The Morgan fingerprint density at radius 3 is 0.963 bits per heavy atom. The summed E-state index contributed by atoms with van der Waals surface area (Å²) in [6.07, 6.45) is 0. The number of nitrogens with zero attached hydrogens (tertiary/aromatic N) is 6. The van der Waals surface area contributed by atoms with Crippen LogP contribution in [-0.4, -0.2) is 29.9 Å². The largest absolute Gasteiger partial charge is 0.208 e. The molecule has 2 bridgehead atoms. The van der Waals surface area contributed by atoms with Crippen molar-refractivity contribution >= 4 is 0 Å². The highest BCUT2D eigenvalue weighted by atomic mass is 15.0. The number of hydrogen-bond acceptors (Lipinski definition) is 6. The lowest BCUT2D eigenvalue weighted by Crippen LogP contribution is -2.27. The van der Waals surface area contributed by atoms with Gasteiger partial charge in [-0.1, -0.05) is 249 Å². The van der Waals surface area contributed by atoms with Gasteiger partial charge in [-0.2, -0.15) is 0 Å². The van der Waals surface area contributed by atoms with Gasteiger partial charge in [-0.25, -0.2) is 29.9 Å². The predicted molar refractivity (Wildman–Crippen MR) is 322 cm³/mol. The molecule has 81 heavy (non-hydrogen) atoms. The molecule has 2 heterocycles. The van der Waals surface area contributed by atoms with E-state index in [9.17, 15) is 0 Å². The van der Waals surface area contributed by atoms with E-state index in [0.717, 1.165) is 44.5 Å². The molecule has 6 nitrogen and oxygen atoms in total. The summed E-state index contributed by atoms with van der Waals surface area (Å²) in [5.41, 5.74) is 25.5. The number of aromatic nitrogens is 6. The van der Waals surface area contributed by atoms with Crippen molar-refractivity contribution in [2.75, 3.05) is 0 Å². The Balaban J connectivity index is 0.795. The zero-order valence-corrected chi connectivity index (χ0v) is 43.7. The summed E-state index contributed by atoms with van der Waals surface area (Å²) in [6, 6.07) is 95.9. The van der Waals surface area contributed by atoms with Gasteiger partial charge in [0.25, 0.3) is 0 Å². The summed E-state index contributed by atoms with van der Waals surface area (Å²) in [4.78, 5) is 31.4. The van der Waals surface area contributed by atoms with Gasteiger partial charge < -0.3 is 0 Å². The number of benzene rings is 11. The van der Waals surface area contributed by atoms with Gasteiger partial charge in [0.15, 0.2) is 34.9 Å². The zero-order chi connectivity index (χ0) is 53.2. The maximum absolute atomic E-state index is 5.48. The number of hydrogen-bond donors (Lipinski definition) is 0. The summed E-state index contributed by atoms with van der Waals surface area (Å²) < 4.78 is 0.